The molecule has 2 aromatic heterocycles. The largest absolute Gasteiger partial charge is 0.344 e. The van der Waals surface area contributed by atoms with Gasteiger partial charge in [0.25, 0.3) is 0 Å². The van der Waals surface area contributed by atoms with Gasteiger partial charge in [-0.05, 0) is 36.8 Å². The van der Waals surface area contributed by atoms with Crippen LogP contribution in [-0.2, 0) is 21.4 Å². The lowest BCUT2D eigenvalue weighted by Gasteiger charge is -2.34. The zero-order valence-corrected chi connectivity index (χ0v) is 20.6. The van der Waals surface area contributed by atoms with E-state index in [1.165, 1.54) is 6.33 Å². The number of likely N-dealkylation sites (N-methyl/N-ethyl adjacent to an activating group) is 1. The number of pyridine rings is 1. The van der Waals surface area contributed by atoms with Crippen molar-refractivity contribution in [2.75, 3.05) is 31.1 Å². The molecule has 10 heteroatoms. The van der Waals surface area contributed by atoms with Gasteiger partial charge in [0.2, 0.25) is 15.9 Å². The van der Waals surface area contributed by atoms with Crippen LogP contribution in [0.1, 0.15) is 12.5 Å². The van der Waals surface area contributed by atoms with Crippen LogP contribution >= 0.6 is 0 Å². The minimum absolute atomic E-state index is 0.0487. The van der Waals surface area contributed by atoms with E-state index in [1.807, 2.05) is 65.3 Å². The number of carbonyl (C=O) groups excluding carboxylic acids is 1. The molecule has 5 rings (SSSR count). The highest BCUT2D eigenvalue weighted by Gasteiger charge is 2.25. The number of aromatic nitrogens is 3. The van der Waals surface area contributed by atoms with Crippen LogP contribution in [0, 0.1) is 0 Å². The Labute approximate surface area is 209 Å². The van der Waals surface area contributed by atoms with Gasteiger partial charge in [-0.3, -0.25) is 4.79 Å². The number of piperazine rings is 1. The summed E-state index contributed by atoms with van der Waals surface area (Å²) in [4.78, 5) is 29.9. The van der Waals surface area contributed by atoms with Crippen molar-refractivity contribution in [3.63, 3.8) is 0 Å². The molecule has 9 nitrogen and oxygen atoms in total. The molecule has 0 radical (unpaired) electrons. The van der Waals surface area contributed by atoms with Crippen molar-refractivity contribution in [3.8, 4) is 11.3 Å². The molecular formula is C26H26N6O3S. The number of hydrogen-bond donors (Lipinski definition) is 1. The predicted molar refractivity (Wildman–Crippen MR) is 138 cm³/mol. The van der Waals surface area contributed by atoms with Crippen LogP contribution in [0.15, 0.2) is 78.0 Å². The van der Waals surface area contributed by atoms with E-state index in [2.05, 4.69) is 14.7 Å². The summed E-state index contributed by atoms with van der Waals surface area (Å²) < 4.78 is 28.6. The van der Waals surface area contributed by atoms with Crippen molar-refractivity contribution in [2.24, 2.45) is 0 Å². The van der Waals surface area contributed by atoms with E-state index >= 15 is 0 Å². The third kappa shape index (κ3) is 4.91. The van der Waals surface area contributed by atoms with Gasteiger partial charge in [-0.2, -0.15) is 0 Å². The summed E-state index contributed by atoms with van der Waals surface area (Å²) in [6, 6.07) is 19.7. The number of amides is 1. The summed E-state index contributed by atoms with van der Waals surface area (Å²) in [5, 5.41) is 0. The van der Waals surface area contributed by atoms with Gasteiger partial charge in [0.1, 0.15) is 11.8 Å². The Morgan fingerprint density at radius 1 is 0.972 bits per heavy atom. The Balaban J connectivity index is 1.44. The molecule has 1 saturated heterocycles. The third-order valence-corrected chi connectivity index (χ3v) is 7.61. The first-order valence-corrected chi connectivity index (χ1v) is 13.2. The van der Waals surface area contributed by atoms with E-state index in [-0.39, 0.29) is 23.9 Å². The smallest absolute Gasteiger partial charge is 0.242 e. The zero-order valence-electron chi connectivity index (χ0n) is 19.8. The fraction of sp³-hybridized carbons (Fsp3) is 0.231. The third-order valence-electron chi connectivity index (χ3n) is 6.21. The maximum Gasteiger partial charge on any atom is 0.242 e. The van der Waals surface area contributed by atoms with Gasteiger partial charge in [-0.1, -0.05) is 42.5 Å². The Hall–Kier alpha value is -3.89. The molecule has 1 aliphatic rings. The molecule has 0 aliphatic carbocycles. The van der Waals surface area contributed by atoms with Gasteiger partial charge in [-0.25, -0.2) is 28.1 Å². The lowest BCUT2D eigenvalue weighted by Crippen LogP contribution is -2.50. The van der Waals surface area contributed by atoms with Gasteiger partial charge in [0, 0.05) is 31.7 Å². The lowest BCUT2D eigenvalue weighted by atomic mass is 10.1. The molecule has 36 heavy (non-hydrogen) atoms. The maximum atomic E-state index is 13.0. The molecule has 2 aromatic carbocycles. The number of nitrogens with one attached hydrogen (secondary N) is 1. The predicted octanol–water partition coefficient (Wildman–Crippen LogP) is 2.84. The molecule has 0 saturated carbocycles. The van der Waals surface area contributed by atoms with Gasteiger partial charge in [-0.15, -0.1) is 0 Å². The number of hydrogen-bond acceptors (Lipinski definition) is 7. The van der Waals surface area contributed by atoms with Gasteiger partial charge >= 0.3 is 0 Å². The van der Waals surface area contributed by atoms with Crippen molar-refractivity contribution in [2.45, 2.75) is 18.4 Å². The first kappa shape index (κ1) is 23.8. The molecule has 0 bridgehead atoms. The minimum Gasteiger partial charge on any atom is -0.344 e. The highest BCUT2D eigenvalue weighted by atomic mass is 32.2. The molecule has 0 atom stereocenters. The van der Waals surface area contributed by atoms with Crippen molar-refractivity contribution in [1.82, 2.24) is 24.6 Å². The Morgan fingerprint density at radius 3 is 2.58 bits per heavy atom. The quantitative estimate of drug-likeness (QED) is 0.414. The maximum absolute atomic E-state index is 13.0. The van der Waals surface area contributed by atoms with E-state index in [9.17, 15) is 13.2 Å². The minimum atomic E-state index is -3.72. The second kappa shape index (κ2) is 10.00. The Bertz CT molecular complexity index is 1510. The molecule has 3 heterocycles. The number of benzene rings is 2. The molecule has 1 amide bonds. The van der Waals surface area contributed by atoms with Gasteiger partial charge in [0.05, 0.1) is 22.7 Å². The monoisotopic (exact) mass is 502 g/mol. The van der Waals surface area contributed by atoms with Crippen LogP contribution in [-0.4, -0.2) is 60.4 Å². The number of rotatable bonds is 7. The van der Waals surface area contributed by atoms with Crippen LogP contribution in [0.5, 0.6) is 0 Å². The van der Waals surface area contributed by atoms with Gasteiger partial charge in [0.15, 0.2) is 5.82 Å². The number of sulfonamides is 1. The van der Waals surface area contributed by atoms with Crippen molar-refractivity contribution in [3.05, 3.63) is 78.6 Å². The fourth-order valence-electron chi connectivity index (χ4n) is 4.22. The van der Waals surface area contributed by atoms with Crippen LogP contribution in [0.4, 0.5) is 5.82 Å². The van der Waals surface area contributed by atoms with Crippen molar-refractivity contribution < 1.29 is 13.2 Å². The Kier molecular flexibility index (Phi) is 6.62. The Morgan fingerprint density at radius 2 is 1.81 bits per heavy atom. The normalized spacial score (nSPS) is 14.4. The number of anilines is 1. The SMILES string of the molecule is CCN1CCN(c2ncnc3ccc(-c4cccc(S(=O)(=O)NCc5ccccc5)c4)nc23)CC1=O. The molecule has 0 spiro atoms. The fourth-order valence-corrected chi connectivity index (χ4v) is 5.29. The average molecular weight is 503 g/mol. The molecule has 1 aliphatic heterocycles. The summed E-state index contributed by atoms with van der Waals surface area (Å²) in [6.07, 6.45) is 1.47. The lowest BCUT2D eigenvalue weighted by molar-refractivity contribution is -0.130. The van der Waals surface area contributed by atoms with E-state index in [0.29, 0.717) is 47.7 Å². The topological polar surface area (TPSA) is 108 Å². The molecule has 1 N–H and O–H groups in total. The average Bonchev–Trinajstić information content (AvgIpc) is 2.92. The molecular weight excluding hydrogens is 476 g/mol. The zero-order chi connectivity index (χ0) is 25.1. The summed E-state index contributed by atoms with van der Waals surface area (Å²) in [5.41, 5.74) is 3.35. The molecule has 1 fully saturated rings. The highest BCUT2D eigenvalue weighted by molar-refractivity contribution is 7.89. The standard InChI is InChI=1S/C26H26N6O3S/c1-2-31-13-14-32(17-24(31)33)26-25-23(27-18-28-26)12-11-22(30-25)20-9-6-10-21(15-20)36(34,35)29-16-19-7-4-3-5-8-19/h3-12,15,18,29H,2,13-14,16-17H2,1H3. The van der Waals surface area contributed by atoms with Crippen molar-refractivity contribution in [1.29, 1.82) is 0 Å². The number of carbonyl (C=O) groups is 1. The summed E-state index contributed by atoms with van der Waals surface area (Å²) >= 11 is 0. The highest BCUT2D eigenvalue weighted by Crippen LogP contribution is 2.27. The van der Waals surface area contributed by atoms with Gasteiger partial charge < -0.3 is 9.80 Å². The summed E-state index contributed by atoms with van der Waals surface area (Å²) in [7, 11) is -3.72. The molecule has 4 aromatic rings. The first-order chi connectivity index (χ1) is 17.4. The van der Waals surface area contributed by atoms with Crippen LogP contribution in [0.25, 0.3) is 22.3 Å². The van der Waals surface area contributed by atoms with Crippen LogP contribution in [0.3, 0.4) is 0 Å². The molecule has 184 valence electrons. The van der Waals surface area contributed by atoms with E-state index < -0.39 is 10.0 Å². The van der Waals surface area contributed by atoms with E-state index in [0.717, 1.165) is 5.56 Å². The summed E-state index contributed by atoms with van der Waals surface area (Å²) in [6.45, 7) is 4.35. The number of fused-ring (bicyclic) bond motifs is 1. The van der Waals surface area contributed by atoms with E-state index in [4.69, 9.17) is 4.98 Å². The second-order valence-electron chi connectivity index (χ2n) is 8.49. The first-order valence-electron chi connectivity index (χ1n) is 11.7. The molecule has 0 unspecified atom stereocenters. The number of nitrogens with zero attached hydrogens (tertiary/aromatic N) is 5. The van der Waals surface area contributed by atoms with Crippen LogP contribution < -0.4 is 9.62 Å². The second-order valence-corrected chi connectivity index (χ2v) is 10.3. The van der Waals surface area contributed by atoms with Crippen LogP contribution in [0.2, 0.25) is 0 Å². The van der Waals surface area contributed by atoms with E-state index in [1.54, 1.807) is 18.2 Å². The van der Waals surface area contributed by atoms with Crippen molar-refractivity contribution >= 4 is 32.8 Å². The summed E-state index contributed by atoms with van der Waals surface area (Å²) in [5.74, 6) is 0.645.